The van der Waals surface area contributed by atoms with Crippen LogP contribution in [-0.2, 0) is 4.74 Å². The molecule has 4 unspecified atom stereocenters. The molecule has 104 valence electrons. The smallest absolute Gasteiger partial charge is 0.0661 e. The van der Waals surface area contributed by atoms with Gasteiger partial charge in [0.1, 0.15) is 0 Å². The monoisotopic (exact) mass is 269 g/mol. The molecule has 0 amide bonds. The Labute approximate surface area is 116 Å². The first-order chi connectivity index (χ1) is 8.78. The summed E-state index contributed by atoms with van der Waals surface area (Å²) in [6.07, 6.45) is 12.5. The Morgan fingerprint density at radius 2 is 2.11 bits per heavy atom. The number of hydrogen-bond acceptors (Lipinski definition) is 3. The lowest BCUT2D eigenvalue weighted by Crippen LogP contribution is -2.68. The first kappa shape index (κ1) is 13.3. The Balaban J connectivity index is 1.52. The average molecular weight is 269 g/mol. The van der Waals surface area contributed by atoms with Crippen LogP contribution in [-0.4, -0.2) is 36.3 Å². The Kier molecular flexibility index (Phi) is 3.93. The minimum atomic E-state index is 0.535. The standard InChI is InChI=1S/C15H27NOS/c1-3-17-14-10-13(15(14)7-4-8-15)16-11-5-6-12(9-11)18-2/h11-14,16H,3-10H2,1-2H3. The number of ether oxygens (including phenoxy) is 1. The van der Waals surface area contributed by atoms with Crippen molar-refractivity contribution in [2.45, 2.75) is 75.3 Å². The highest BCUT2D eigenvalue weighted by Gasteiger charge is 2.59. The molecule has 0 aromatic heterocycles. The Hall–Kier alpha value is 0.270. The van der Waals surface area contributed by atoms with Crippen LogP contribution >= 0.6 is 11.8 Å². The van der Waals surface area contributed by atoms with E-state index < -0.39 is 0 Å². The van der Waals surface area contributed by atoms with Gasteiger partial charge in [-0.25, -0.2) is 0 Å². The molecule has 0 aliphatic heterocycles. The van der Waals surface area contributed by atoms with Crippen molar-refractivity contribution < 1.29 is 4.74 Å². The van der Waals surface area contributed by atoms with Crippen molar-refractivity contribution in [3.05, 3.63) is 0 Å². The van der Waals surface area contributed by atoms with E-state index in [9.17, 15) is 0 Å². The second-order valence-corrected chi connectivity index (χ2v) is 7.49. The number of thioether (sulfide) groups is 1. The van der Waals surface area contributed by atoms with Crippen LogP contribution in [0.3, 0.4) is 0 Å². The van der Waals surface area contributed by atoms with E-state index in [-0.39, 0.29) is 0 Å². The third-order valence-corrected chi connectivity index (χ3v) is 6.69. The first-order valence-electron chi connectivity index (χ1n) is 7.69. The first-order valence-corrected chi connectivity index (χ1v) is 8.97. The minimum Gasteiger partial charge on any atom is -0.378 e. The quantitative estimate of drug-likeness (QED) is 0.828. The average Bonchev–Trinajstić information content (AvgIpc) is 2.73. The van der Waals surface area contributed by atoms with Crippen LogP contribution in [0.4, 0.5) is 0 Å². The van der Waals surface area contributed by atoms with Gasteiger partial charge in [0.25, 0.3) is 0 Å². The van der Waals surface area contributed by atoms with E-state index in [1.807, 2.05) is 0 Å². The van der Waals surface area contributed by atoms with Crippen molar-refractivity contribution in [2.75, 3.05) is 12.9 Å². The summed E-state index contributed by atoms with van der Waals surface area (Å²) in [5.74, 6) is 0. The summed E-state index contributed by atoms with van der Waals surface area (Å²) in [4.78, 5) is 0. The minimum absolute atomic E-state index is 0.535. The van der Waals surface area contributed by atoms with Gasteiger partial charge in [-0.2, -0.15) is 11.8 Å². The molecule has 0 aromatic rings. The molecule has 0 heterocycles. The zero-order valence-electron chi connectivity index (χ0n) is 11.8. The molecule has 3 aliphatic carbocycles. The second kappa shape index (κ2) is 5.34. The van der Waals surface area contributed by atoms with Gasteiger partial charge in [-0.15, -0.1) is 0 Å². The summed E-state index contributed by atoms with van der Waals surface area (Å²) in [7, 11) is 0. The van der Waals surface area contributed by atoms with Crippen molar-refractivity contribution in [2.24, 2.45) is 5.41 Å². The fourth-order valence-corrected chi connectivity index (χ4v) is 5.06. The van der Waals surface area contributed by atoms with Crippen molar-refractivity contribution in [1.29, 1.82) is 0 Å². The fraction of sp³-hybridized carbons (Fsp3) is 1.00. The highest BCUT2D eigenvalue weighted by atomic mass is 32.2. The second-order valence-electron chi connectivity index (χ2n) is 6.35. The fourth-order valence-electron chi connectivity index (χ4n) is 4.26. The van der Waals surface area contributed by atoms with E-state index in [4.69, 9.17) is 4.74 Å². The zero-order valence-corrected chi connectivity index (χ0v) is 12.6. The van der Waals surface area contributed by atoms with Crippen molar-refractivity contribution in [1.82, 2.24) is 5.32 Å². The van der Waals surface area contributed by atoms with Crippen molar-refractivity contribution >= 4 is 11.8 Å². The molecule has 0 saturated heterocycles. The van der Waals surface area contributed by atoms with E-state index >= 15 is 0 Å². The number of rotatable bonds is 5. The summed E-state index contributed by atoms with van der Waals surface area (Å²) in [5, 5.41) is 4.87. The van der Waals surface area contributed by atoms with Crippen LogP contribution in [0.2, 0.25) is 0 Å². The van der Waals surface area contributed by atoms with E-state index in [1.165, 1.54) is 44.9 Å². The highest BCUT2D eigenvalue weighted by molar-refractivity contribution is 7.99. The molecule has 3 fully saturated rings. The maximum Gasteiger partial charge on any atom is 0.0661 e. The Morgan fingerprint density at radius 1 is 1.28 bits per heavy atom. The van der Waals surface area contributed by atoms with Gasteiger partial charge in [-0.3, -0.25) is 0 Å². The van der Waals surface area contributed by atoms with Gasteiger partial charge in [-0.1, -0.05) is 6.42 Å². The van der Waals surface area contributed by atoms with Crippen LogP contribution in [0.1, 0.15) is 51.9 Å². The van der Waals surface area contributed by atoms with Crippen molar-refractivity contribution in [3.63, 3.8) is 0 Å². The predicted octanol–water partition coefficient (Wildman–Crippen LogP) is 3.21. The van der Waals surface area contributed by atoms with Crippen LogP contribution < -0.4 is 5.32 Å². The van der Waals surface area contributed by atoms with E-state index in [0.29, 0.717) is 11.5 Å². The van der Waals surface area contributed by atoms with E-state index in [0.717, 1.165) is 23.9 Å². The predicted molar refractivity (Wildman–Crippen MR) is 78.2 cm³/mol. The highest BCUT2D eigenvalue weighted by Crippen LogP contribution is 2.57. The Morgan fingerprint density at radius 3 is 2.67 bits per heavy atom. The lowest BCUT2D eigenvalue weighted by Gasteiger charge is -2.61. The lowest BCUT2D eigenvalue weighted by molar-refractivity contribution is -0.174. The summed E-state index contributed by atoms with van der Waals surface area (Å²) in [6, 6.07) is 1.54. The molecule has 18 heavy (non-hydrogen) atoms. The molecular weight excluding hydrogens is 242 g/mol. The van der Waals surface area contributed by atoms with E-state index in [2.05, 4.69) is 30.3 Å². The third-order valence-electron chi connectivity index (χ3n) is 5.59. The maximum absolute atomic E-state index is 5.93. The molecule has 1 N–H and O–H groups in total. The number of hydrogen-bond donors (Lipinski definition) is 1. The van der Waals surface area contributed by atoms with Gasteiger partial charge in [-0.05, 0) is 51.7 Å². The molecule has 0 radical (unpaired) electrons. The molecule has 2 nitrogen and oxygen atoms in total. The van der Waals surface area contributed by atoms with Gasteiger partial charge in [0.05, 0.1) is 6.10 Å². The van der Waals surface area contributed by atoms with Crippen LogP contribution in [0.25, 0.3) is 0 Å². The van der Waals surface area contributed by atoms with Crippen LogP contribution in [0.5, 0.6) is 0 Å². The summed E-state index contributed by atoms with van der Waals surface area (Å²) < 4.78 is 5.93. The molecule has 3 aliphatic rings. The molecule has 4 atom stereocenters. The SMILES string of the molecule is CCOC1CC(NC2CCC(SC)C2)C12CCC2. The van der Waals surface area contributed by atoms with Crippen LogP contribution in [0, 0.1) is 5.41 Å². The van der Waals surface area contributed by atoms with Gasteiger partial charge in [0.15, 0.2) is 0 Å². The summed E-state index contributed by atoms with van der Waals surface area (Å²) >= 11 is 2.05. The molecule has 3 rings (SSSR count). The zero-order chi connectivity index (χ0) is 12.6. The molecule has 3 saturated carbocycles. The van der Waals surface area contributed by atoms with E-state index in [1.54, 1.807) is 0 Å². The molecule has 1 spiro atoms. The van der Waals surface area contributed by atoms with Gasteiger partial charge < -0.3 is 10.1 Å². The largest absolute Gasteiger partial charge is 0.378 e. The number of nitrogens with one attached hydrogen (secondary N) is 1. The maximum atomic E-state index is 5.93. The summed E-state index contributed by atoms with van der Waals surface area (Å²) in [6.45, 7) is 3.02. The molecular formula is C15H27NOS. The lowest BCUT2D eigenvalue weighted by atomic mass is 9.51. The van der Waals surface area contributed by atoms with Crippen molar-refractivity contribution in [3.8, 4) is 0 Å². The van der Waals surface area contributed by atoms with Crippen LogP contribution in [0.15, 0.2) is 0 Å². The van der Waals surface area contributed by atoms with Gasteiger partial charge >= 0.3 is 0 Å². The Bertz CT molecular complexity index is 292. The third kappa shape index (κ3) is 2.12. The van der Waals surface area contributed by atoms with Gasteiger partial charge in [0, 0.05) is 29.4 Å². The van der Waals surface area contributed by atoms with Gasteiger partial charge in [0.2, 0.25) is 0 Å². The molecule has 3 heteroatoms. The topological polar surface area (TPSA) is 21.3 Å². The molecule has 0 bridgehead atoms. The molecule has 0 aromatic carbocycles. The normalized spacial score (nSPS) is 41.7. The summed E-state index contributed by atoms with van der Waals surface area (Å²) in [5.41, 5.74) is 0.535.